The molecular weight excluding hydrogens is 372 g/mol. The lowest BCUT2D eigenvalue weighted by atomic mass is 10.1. The summed E-state index contributed by atoms with van der Waals surface area (Å²) in [5.41, 5.74) is 1.06. The summed E-state index contributed by atoms with van der Waals surface area (Å²) in [4.78, 5) is 9.50. The number of aromatic nitrogens is 2. The van der Waals surface area contributed by atoms with Crippen molar-refractivity contribution in [3.05, 3.63) is 11.9 Å². The van der Waals surface area contributed by atoms with Crippen LogP contribution in [0, 0.1) is 5.92 Å². The Labute approximate surface area is 171 Å². The largest absolute Gasteiger partial charge is 0.318 e. The van der Waals surface area contributed by atoms with Crippen LogP contribution in [0.2, 0.25) is 0 Å². The van der Waals surface area contributed by atoms with Gasteiger partial charge in [0, 0.05) is 38.8 Å². The summed E-state index contributed by atoms with van der Waals surface area (Å²) in [6, 6.07) is 0.681. The number of hydrogen-bond acceptors (Lipinski definition) is 5. The van der Waals surface area contributed by atoms with Crippen molar-refractivity contribution in [3.8, 4) is 0 Å². The summed E-state index contributed by atoms with van der Waals surface area (Å²) in [6.07, 6.45) is 8.09. The molecule has 2 fully saturated rings. The van der Waals surface area contributed by atoms with Gasteiger partial charge in [0.2, 0.25) is 15.0 Å². The fourth-order valence-electron chi connectivity index (χ4n) is 4.52. The van der Waals surface area contributed by atoms with Gasteiger partial charge in [-0.15, -0.1) is 0 Å². The fourth-order valence-corrected chi connectivity index (χ4v) is 6.01. The average molecular weight is 411 g/mol. The Kier molecular flexibility index (Phi) is 7.56. The first-order valence-electron chi connectivity index (χ1n) is 11.1. The van der Waals surface area contributed by atoms with E-state index in [1.54, 1.807) is 0 Å². The maximum Gasteiger partial charge on any atom is 0.227 e. The van der Waals surface area contributed by atoms with E-state index < -0.39 is 9.84 Å². The maximum absolute atomic E-state index is 12.9. The van der Waals surface area contributed by atoms with Gasteiger partial charge in [-0.2, -0.15) is 0 Å². The highest BCUT2D eigenvalue weighted by Crippen LogP contribution is 2.24. The van der Waals surface area contributed by atoms with E-state index >= 15 is 0 Å². The van der Waals surface area contributed by atoms with Crippen LogP contribution in [0.1, 0.15) is 65.0 Å². The van der Waals surface area contributed by atoms with E-state index in [0.717, 1.165) is 57.7 Å². The Morgan fingerprint density at radius 2 is 2.04 bits per heavy atom. The van der Waals surface area contributed by atoms with Crippen LogP contribution < -0.4 is 0 Å². The highest BCUT2D eigenvalue weighted by atomic mass is 32.2. The van der Waals surface area contributed by atoms with Crippen LogP contribution >= 0.6 is 0 Å². The minimum atomic E-state index is -3.33. The van der Waals surface area contributed by atoms with E-state index in [4.69, 9.17) is 0 Å². The summed E-state index contributed by atoms with van der Waals surface area (Å²) in [5.74, 6) is 0.731. The Balaban J connectivity index is 1.72. The maximum atomic E-state index is 12.9. The molecule has 0 bridgehead atoms. The molecule has 0 spiro atoms. The van der Waals surface area contributed by atoms with E-state index in [9.17, 15) is 8.42 Å². The van der Waals surface area contributed by atoms with Crippen LogP contribution in [0.3, 0.4) is 0 Å². The van der Waals surface area contributed by atoms with Gasteiger partial charge in [0.1, 0.15) is 0 Å². The van der Waals surface area contributed by atoms with Gasteiger partial charge in [0.25, 0.3) is 0 Å². The third-order valence-corrected chi connectivity index (χ3v) is 7.87. The third-order valence-electron chi connectivity index (χ3n) is 6.17. The van der Waals surface area contributed by atoms with Gasteiger partial charge in [0.15, 0.2) is 0 Å². The van der Waals surface area contributed by atoms with Gasteiger partial charge in [0.05, 0.1) is 17.6 Å². The Morgan fingerprint density at radius 1 is 1.21 bits per heavy atom. The van der Waals surface area contributed by atoms with Crippen LogP contribution in [0.4, 0.5) is 0 Å². The number of rotatable bonds is 10. The second kappa shape index (κ2) is 9.72. The quantitative estimate of drug-likeness (QED) is 0.593. The fraction of sp³-hybridized carbons (Fsp3) is 0.857. The van der Waals surface area contributed by atoms with Crippen LogP contribution in [0.5, 0.6) is 0 Å². The van der Waals surface area contributed by atoms with E-state index in [2.05, 4.69) is 35.6 Å². The first kappa shape index (κ1) is 21.8. The van der Waals surface area contributed by atoms with Crippen LogP contribution in [0.25, 0.3) is 0 Å². The van der Waals surface area contributed by atoms with Crippen LogP contribution in [0.15, 0.2) is 11.4 Å². The van der Waals surface area contributed by atoms with Crippen molar-refractivity contribution in [3.63, 3.8) is 0 Å². The van der Waals surface area contributed by atoms with Crippen LogP contribution in [-0.4, -0.2) is 65.7 Å². The topological polar surface area (TPSA) is 58.4 Å². The van der Waals surface area contributed by atoms with Gasteiger partial charge in [-0.3, -0.25) is 9.80 Å². The number of hydrogen-bond donors (Lipinski definition) is 0. The second-order valence-electron chi connectivity index (χ2n) is 8.96. The first-order chi connectivity index (χ1) is 13.4. The molecule has 0 unspecified atom stereocenters. The number of nitrogens with zero attached hydrogens (tertiary/aromatic N) is 4. The van der Waals surface area contributed by atoms with E-state index in [-0.39, 0.29) is 5.75 Å². The number of piperazine rings is 1. The summed E-state index contributed by atoms with van der Waals surface area (Å²) >= 11 is 0. The summed E-state index contributed by atoms with van der Waals surface area (Å²) in [7, 11) is -3.33. The van der Waals surface area contributed by atoms with E-state index in [1.807, 2.05) is 10.8 Å². The lowest BCUT2D eigenvalue weighted by Gasteiger charge is -2.37. The highest BCUT2D eigenvalue weighted by molar-refractivity contribution is 7.91. The predicted octanol–water partition coefficient (Wildman–Crippen LogP) is 3.17. The third kappa shape index (κ3) is 5.36. The average Bonchev–Trinajstić information content (AvgIpc) is 3.26. The molecule has 3 heterocycles. The zero-order valence-corrected chi connectivity index (χ0v) is 18.8. The molecule has 2 aliphatic heterocycles. The molecule has 3 rings (SSSR count). The van der Waals surface area contributed by atoms with Crippen molar-refractivity contribution in [1.82, 2.24) is 19.4 Å². The molecule has 6 nitrogen and oxygen atoms in total. The monoisotopic (exact) mass is 410 g/mol. The molecule has 2 aliphatic rings. The van der Waals surface area contributed by atoms with Crippen molar-refractivity contribution in [2.24, 2.45) is 5.92 Å². The SMILES string of the molecule is CCCCn1c(CN2CCN3CCC[C@H]3C2)cnc1S(=O)(=O)CCCC(C)C. The van der Waals surface area contributed by atoms with Crippen molar-refractivity contribution >= 4 is 9.84 Å². The molecule has 0 N–H and O–H groups in total. The molecule has 2 saturated heterocycles. The molecule has 0 aromatic carbocycles. The molecule has 160 valence electrons. The smallest absolute Gasteiger partial charge is 0.227 e. The molecule has 0 amide bonds. The standard InChI is InChI=1S/C21H38N4O2S/c1-4-5-11-25-20(17-23-12-13-24-10-6-9-19(24)16-23)15-22-21(25)28(26,27)14-7-8-18(2)3/h15,18-19H,4-14,16-17H2,1-3H3/t19-/m0/s1. The van der Waals surface area contributed by atoms with Crippen molar-refractivity contribution < 1.29 is 8.42 Å². The number of sulfone groups is 1. The second-order valence-corrected chi connectivity index (χ2v) is 11.0. The summed E-state index contributed by atoms with van der Waals surface area (Å²) in [6.45, 7) is 12.5. The Bertz CT molecular complexity index is 729. The highest BCUT2D eigenvalue weighted by Gasteiger charge is 2.31. The Morgan fingerprint density at radius 3 is 2.79 bits per heavy atom. The van der Waals surface area contributed by atoms with E-state index in [0.29, 0.717) is 23.5 Å². The van der Waals surface area contributed by atoms with Gasteiger partial charge in [-0.1, -0.05) is 27.2 Å². The molecule has 0 aliphatic carbocycles. The van der Waals surface area contributed by atoms with Gasteiger partial charge in [-0.25, -0.2) is 13.4 Å². The van der Waals surface area contributed by atoms with Gasteiger partial charge in [-0.05, 0) is 44.6 Å². The van der Waals surface area contributed by atoms with Crippen molar-refractivity contribution in [2.75, 3.05) is 31.9 Å². The van der Waals surface area contributed by atoms with Crippen LogP contribution in [-0.2, 0) is 22.9 Å². The van der Waals surface area contributed by atoms with E-state index in [1.165, 1.54) is 19.4 Å². The molecular formula is C21H38N4O2S. The van der Waals surface area contributed by atoms with Gasteiger partial charge >= 0.3 is 0 Å². The molecule has 7 heteroatoms. The zero-order valence-electron chi connectivity index (χ0n) is 17.9. The molecule has 1 aromatic heterocycles. The number of unbranched alkanes of at least 4 members (excludes halogenated alkanes) is 1. The first-order valence-corrected chi connectivity index (χ1v) is 12.8. The Hall–Kier alpha value is -0.920. The zero-order chi connectivity index (χ0) is 20.1. The number of fused-ring (bicyclic) bond motifs is 1. The normalized spacial score (nSPS) is 21.5. The molecule has 1 aromatic rings. The molecule has 28 heavy (non-hydrogen) atoms. The minimum Gasteiger partial charge on any atom is -0.318 e. The molecule has 0 saturated carbocycles. The minimum absolute atomic E-state index is 0.203. The molecule has 1 atom stereocenters. The van der Waals surface area contributed by atoms with Crippen molar-refractivity contribution in [2.45, 2.75) is 83.6 Å². The lowest BCUT2D eigenvalue weighted by molar-refractivity contribution is 0.0973. The van der Waals surface area contributed by atoms with Crippen molar-refractivity contribution in [1.29, 1.82) is 0 Å². The lowest BCUT2D eigenvalue weighted by Crippen LogP contribution is -2.49. The van der Waals surface area contributed by atoms with Gasteiger partial charge < -0.3 is 4.57 Å². The predicted molar refractivity (Wildman–Crippen MR) is 113 cm³/mol. The summed E-state index contributed by atoms with van der Waals surface area (Å²) in [5, 5.41) is 0.291. The summed E-state index contributed by atoms with van der Waals surface area (Å²) < 4.78 is 27.9. The molecule has 0 radical (unpaired) electrons. The number of imidazole rings is 1.